The van der Waals surface area contributed by atoms with E-state index in [-0.39, 0.29) is 5.56 Å². The smallest absolute Gasteiger partial charge is 0.275 e. The monoisotopic (exact) mass is 297 g/mol. The van der Waals surface area contributed by atoms with Gasteiger partial charge >= 0.3 is 0 Å². The van der Waals surface area contributed by atoms with Gasteiger partial charge in [0.05, 0.1) is 24.2 Å². The molecule has 0 atom stereocenters. The van der Waals surface area contributed by atoms with E-state index in [1.807, 2.05) is 45.5 Å². The number of hydrogen-bond donors (Lipinski definition) is 0. The maximum absolute atomic E-state index is 12.8. The third-order valence-corrected chi connectivity index (χ3v) is 4.39. The fourth-order valence-corrected chi connectivity index (χ4v) is 3.20. The Hall–Kier alpha value is -2.11. The van der Waals surface area contributed by atoms with Crippen LogP contribution in [0.4, 0.5) is 0 Å². The Kier molecular flexibility index (Phi) is 3.44. The summed E-state index contributed by atoms with van der Waals surface area (Å²) < 4.78 is 9.26. The molecule has 0 radical (unpaired) electrons. The van der Waals surface area contributed by atoms with Gasteiger partial charge < -0.3 is 13.7 Å². The Labute approximate surface area is 128 Å². The molecule has 0 N–H and O–H groups in total. The van der Waals surface area contributed by atoms with E-state index in [9.17, 15) is 4.79 Å². The molecular formula is C17H19N3O2. The molecule has 0 aliphatic carbocycles. The van der Waals surface area contributed by atoms with Crippen LogP contribution in [0.25, 0.3) is 16.6 Å². The lowest BCUT2D eigenvalue weighted by Crippen LogP contribution is -2.39. The van der Waals surface area contributed by atoms with E-state index in [4.69, 9.17) is 4.74 Å². The molecule has 5 nitrogen and oxygen atoms in total. The number of nitrogens with zero attached hydrogens (tertiary/aromatic N) is 3. The summed E-state index contributed by atoms with van der Waals surface area (Å²) >= 11 is 0. The first-order chi connectivity index (χ1) is 10.8. The average molecular weight is 297 g/mol. The highest BCUT2D eigenvalue weighted by Crippen LogP contribution is 2.15. The highest BCUT2D eigenvalue weighted by Gasteiger charge is 2.13. The second-order valence-corrected chi connectivity index (χ2v) is 5.66. The van der Waals surface area contributed by atoms with Crippen molar-refractivity contribution >= 4 is 16.6 Å². The highest BCUT2D eigenvalue weighted by molar-refractivity contribution is 5.78. The maximum atomic E-state index is 12.8. The molecule has 1 fully saturated rings. The van der Waals surface area contributed by atoms with Crippen molar-refractivity contribution in [2.45, 2.75) is 6.54 Å². The summed E-state index contributed by atoms with van der Waals surface area (Å²) in [5.74, 6) is 0. The third kappa shape index (κ3) is 2.23. The van der Waals surface area contributed by atoms with Crippen LogP contribution in [0.2, 0.25) is 0 Å². The van der Waals surface area contributed by atoms with Crippen LogP contribution in [0.1, 0.15) is 0 Å². The van der Waals surface area contributed by atoms with Crippen molar-refractivity contribution in [3.05, 3.63) is 52.9 Å². The van der Waals surface area contributed by atoms with Crippen LogP contribution in [-0.2, 0) is 11.3 Å². The normalized spacial score (nSPS) is 16.5. The van der Waals surface area contributed by atoms with Gasteiger partial charge in [-0.05, 0) is 24.3 Å². The van der Waals surface area contributed by atoms with Gasteiger partial charge in [-0.25, -0.2) is 0 Å². The summed E-state index contributed by atoms with van der Waals surface area (Å²) in [6.07, 6.45) is 1.95. The predicted octanol–water partition coefficient (Wildman–Crippen LogP) is 1.59. The van der Waals surface area contributed by atoms with Crippen LogP contribution in [0, 0.1) is 0 Å². The standard InChI is InChI=1S/C17H19N3O2/c21-17-16-6-3-7-19(16)14-4-1-2-5-15(14)20(17)9-8-18-10-12-22-13-11-18/h1-7H,8-13H2. The molecule has 114 valence electrons. The molecule has 1 saturated heterocycles. The van der Waals surface area contributed by atoms with Gasteiger partial charge in [0.15, 0.2) is 0 Å². The first-order valence-corrected chi connectivity index (χ1v) is 7.73. The van der Waals surface area contributed by atoms with Crippen molar-refractivity contribution in [1.82, 2.24) is 13.9 Å². The number of ether oxygens (including phenoxy) is 1. The lowest BCUT2D eigenvalue weighted by Gasteiger charge is -2.27. The van der Waals surface area contributed by atoms with Gasteiger partial charge in [-0.1, -0.05) is 12.1 Å². The minimum absolute atomic E-state index is 0.0805. The Balaban J connectivity index is 1.77. The molecule has 0 unspecified atom stereocenters. The lowest BCUT2D eigenvalue weighted by molar-refractivity contribution is 0.0364. The lowest BCUT2D eigenvalue weighted by atomic mass is 10.2. The summed E-state index contributed by atoms with van der Waals surface area (Å²) in [7, 11) is 0. The Bertz CT molecular complexity index is 859. The zero-order valence-electron chi connectivity index (χ0n) is 12.4. The van der Waals surface area contributed by atoms with Gasteiger partial charge in [-0.2, -0.15) is 0 Å². The zero-order valence-corrected chi connectivity index (χ0v) is 12.4. The fourth-order valence-electron chi connectivity index (χ4n) is 3.20. The summed E-state index contributed by atoms with van der Waals surface area (Å²) in [5, 5.41) is 0. The molecule has 4 rings (SSSR count). The van der Waals surface area contributed by atoms with Gasteiger partial charge in [0.25, 0.3) is 5.56 Å². The van der Waals surface area contributed by atoms with Crippen molar-refractivity contribution < 1.29 is 4.74 Å². The second kappa shape index (κ2) is 5.59. The number of fused-ring (bicyclic) bond motifs is 3. The van der Waals surface area contributed by atoms with Crippen LogP contribution in [0.3, 0.4) is 0 Å². The van der Waals surface area contributed by atoms with Gasteiger partial charge in [-0.15, -0.1) is 0 Å². The average Bonchev–Trinajstić information content (AvgIpc) is 3.06. The zero-order chi connectivity index (χ0) is 14.9. The molecule has 1 aliphatic rings. The highest BCUT2D eigenvalue weighted by atomic mass is 16.5. The minimum Gasteiger partial charge on any atom is -0.379 e. The molecule has 22 heavy (non-hydrogen) atoms. The van der Waals surface area contributed by atoms with Crippen molar-refractivity contribution in [3.63, 3.8) is 0 Å². The summed E-state index contributed by atoms with van der Waals surface area (Å²) in [6, 6.07) is 11.9. The van der Waals surface area contributed by atoms with Crippen LogP contribution in [0.15, 0.2) is 47.4 Å². The van der Waals surface area contributed by atoms with E-state index in [1.54, 1.807) is 0 Å². The van der Waals surface area contributed by atoms with Crippen molar-refractivity contribution in [2.75, 3.05) is 32.8 Å². The quantitative estimate of drug-likeness (QED) is 0.737. The third-order valence-electron chi connectivity index (χ3n) is 4.39. The molecule has 3 aromatic rings. The van der Waals surface area contributed by atoms with Gasteiger partial charge in [0.1, 0.15) is 5.52 Å². The fraction of sp³-hybridized carbons (Fsp3) is 0.353. The first kappa shape index (κ1) is 13.5. The van der Waals surface area contributed by atoms with Crippen LogP contribution >= 0.6 is 0 Å². The molecule has 0 saturated carbocycles. The molecule has 1 aromatic carbocycles. The van der Waals surface area contributed by atoms with Crippen LogP contribution in [0.5, 0.6) is 0 Å². The summed E-state index contributed by atoms with van der Waals surface area (Å²) in [6.45, 7) is 5.05. The Morgan fingerprint density at radius 3 is 2.45 bits per heavy atom. The van der Waals surface area contributed by atoms with Crippen molar-refractivity contribution in [2.24, 2.45) is 0 Å². The molecule has 1 aliphatic heterocycles. The van der Waals surface area contributed by atoms with Gasteiger partial charge in [0, 0.05) is 32.4 Å². The maximum Gasteiger partial charge on any atom is 0.275 e. The largest absolute Gasteiger partial charge is 0.379 e. The molecular weight excluding hydrogens is 278 g/mol. The van der Waals surface area contributed by atoms with E-state index >= 15 is 0 Å². The molecule has 0 bridgehead atoms. The first-order valence-electron chi connectivity index (χ1n) is 7.73. The van der Waals surface area contributed by atoms with Crippen molar-refractivity contribution in [3.8, 4) is 0 Å². The minimum atomic E-state index is 0.0805. The van der Waals surface area contributed by atoms with E-state index in [0.717, 1.165) is 49.4 Å². The Morgan fingerprint density at radius 2 is 1.64 bits per heavy atom. The number of morpholine rings is 1. The number of rotatable bonds is 3. The predicted molar refractivity (Wildman–Crippen MR) is 86.4 cm³/mol. The van der Waals surface area contributed by atoms with Crippen molar-refractivity contribution in [1.29, 1.82) is 0 Å². The molecule has 0 amide bonds. The number of hydrogen-bond acceptors (Lipinski definition) is 3. The van der Waals surface area contributed by atoms with E-state index < -0.39 is 0 Å². The van der Waals surface area contributed by atoms with E-state index in [0.29, 0.717) is 6.54 Å². The number of aromatic nitrogens is 2. The topological polar surface area (TPSA) is 38.9 Å². The second-order valence-electron chi connectivity index (χ2n) is 5.66. The number of para-hydroxylation sites is 2. The van der Waals surface area contributed by atoms with Crippen LogP contribution in [-0.4, -0.2) is 46.7 Å². The SMILES string of the molecule is O=c1c2cccn2c2ccccc2n1CCN1CCOCC1. The van der Waals surface area contributed by atoms with E-state index in [1.165, 1.54) is 0 Å². The van der Waals surface area contributed by atoms with E-state index in [2.05, 4.69) is 11.0 Å². The molecule has 5 heteroatoms. The summed E-state index contributed by atoms with van der Waals surface area (Å²) in [4.78, 5) is 15.1. The van der Waals surface area contributed by atoms with Crippen LogP contribution < -0.4 is 5.56 Å². The van der Waals surface area contributed by atoms with Gasteiger partial charge in [-0.3, -0.25) is 9.69 Å². The summed E-state index contributed by atoms with van der Waals surface area (Å²) in [5.41, 5.74) is 2.88. The van der Waals surface area contributed by atoms with Gasteiger partial charge in [0.2, 0.25) is 0 Å². The Morgan fingerprint density at radius 1 is 0.909 bits per heavy atom. The molecule has 2 aromatic heterocycles. The number of benzene rings is 1. The molecule has 3 heterocycles. The molecule has 0 spiro atoms.